The topological polar surface area (TPSA) is 131 Å². The molecule has 2 amide bonds. The lowest BCUT2D eigenvalue weighted by Gasteiger charge is -2.14. The van der Waals surface area contributed by atoms with Gasteiger partial charge in [-0.15, -0.1) is 0 Å². The van der Waals surface area contributed by atoms with Crippen LogP contribution in [0.25, 0.3) is 11.1 Å². The molecule has 1 aromatic heterocycles. The number of carboxylic acid groups (broad SMARTS) is 1. The largest absolute Gasteiger partial charge is 0.480 e. The summed E-state index contributed by atoms with van der Waals surface area (Å²) in [5.74, 6) is -1.87. The highest BCUT2D eigenvalue weighted by Gasteiger charge is 2.29. The molecule has 0 atom stereocenters. The molecule has 31 heavy (non-hydrogen) atoms. The number of hydrogen-bond donors (Lipinski definition) is 3. The maximum atomic E-state index is 12.2. The Hall–Kier alpha value is -4.14. The first-order chi connectivity index (χ1) is 15.0. The van der Waals surface area contributed by atoms with Crippen LogP contribution in [0, 0.1) is 0 Å². The summed E-state index contributed by atoms with van der Waals surface area (Å²) >= 11 is 0. The number of aromatic nitrogens is 1. The molecular formula is C22H19N3O6. The second-order valence-corrected chi connectivity index (χ2v) is 6.88. The Bertz CT molecular complexity index is 1090. The molecule has 3 N–H and O–H groups in total. The number of rotatable bonds is 7. The van der Waals surface area contributed by atoms with Crippen LogP contribution in [-0.4, -0.2) is 41.2 Å². The van der Waals surface area contributed by atoms with E-state index in [0.29, 0.717) is 0 Å². The molecule has 9 heteroatoms. The first-order valence-electron chi connectivity index (χ1n) is 9.55. The summed E-state index contributed by atoms with van der Waals surface area (Å²) in [5, 5.41) is 13.4. The summed E-state index contributed by atoms with van der Waals surface area (Å²) < 4.78 is 10.6. The first kappa shape index (κ1) is 20.1. The molecular weight excluding hydrogens is 402 g/mol. The molecule has 0 bridgehead atoms. The van der Waals surface area contributed by atoms with Gasteiger partial charge < -0.3 is 24.9 Å². The van der Waals surface area contributed by atoms with Crippen LogP contribution < -0.4 is 10.6 Å². The number of carboxylic acids is 1. The number of carbonyl (C=O) groups excluding carboxylic acids is 2. The number of benzene rings is 2. The maximum Gasteiger partial charge on any atom is 0.407 e. The van der Waals surface area contributed by atoms with Gasteiger partial charge in [0.1, 0.15) is 13.2 Å². The van der Waals surface area contributed by atoms with Gasteiger partial charge in [-0.1, -0.05) is 48.5 Å². The Labute approximate surface area is 177 Å². The van der Waals surface area contributed by atoms with Crippen molar-refractivity contribution in [2.75, 3.05) is 13.2 Å². The van der Waals surface area contributed by atoms with Crippen LogP contribution in [0.3, 0.4) is 0 Å². The Balaban J connectivity index is 1.36. The lowest BCUT2D eigenvalue weighted by atomic mass is 9.98. The van der Waals surface area contributed by atoms with Crippen molar-refractivity contribution in [3.8, 4) is 11.1 Å². The molecule has 0 fully saturated rings. The van der Waals surface area contributed by atoms with E-state index in [4.69, 9.17) is 14.3 Å². The lowest BCUT2D eigenvalue weighted by molar-refractivity contribution is -0.135. The Morgan fingerprint density at radius 3 is 2.29 bits per heavy atom. The quantitative estimate of drug-likeness (QED) is 0.534. The fourth-order valence-corrected chi connectivity index (χ4v) is 3.62. The summed E-state index contributed by atoms with van der Waals surface area (Å²) in [6.07, 6.45) is 0.375. The number of oxazole rings is 1. The van der Waals surface area contributed by atoms with Gasteiger partial charge in [-0.2, -0.15) is 0 Å². The molecule has 2 aromatic carbocycles. The number of amides is 2. The van der Waals surface area contributed by atoms with Crippen LogP contribution in [0.15, 0.2) is 59.3 Å². The highest BCUT2D eigenvalue weighted by atomic mass is 16.5. The highest BCUT2D eigenvalue weighted by Crippen LogP contribution is 2.44. The van der Waals surface area contributed by atoms with Crippen LogP contribution >= 0.6 is 0 Å². The Morgan fingerprint density at radius 1 is 1.00 bits per heavy atom. The molecule has 4 rings (SSSR count). The van der Waals surface area contributed by atoms with Gasteiger partial charge in [0.25, 0.3) is 5.91 Å². The van der Waals surface area contributed by atoms with Crippen molar-refractivity contribution >= 4 is 18.0 Å². The third-order valence-corrected chi connectivity index (χ3v) is 4.99. The van der Waals surface area contributed by atoms with Crippen molar-refractivity contribution in [1.82, 2.24) is 15.6 Å². The standard InChI is InChI=1S/C22H19N3O6/c26-19(27)10-23-21(28)20-18(31-12-25-20)9-24-22(29)30-11-17-15-7-3-1-5-13(15)14-6-2-4-8-16(14)17/h1-8,12,17H,9-11H2,(H,23,28)(H,24,29)(H,26,27). The van der Waals surface area contributed by atoms with Crippen LogP contribution in [0.5, 0.6) is 0 Å². The van der Waals surface area contributed by atoms with Crippen molar-refractivity contribution in [2.24, 2.45) is 0 Å². The molecule has 1 aliphatic rings. The number of alkyl carbamates (subject to hydrolysis) is 1. The third kappa shape index (κ3) is 4.25. The van der Waals surface area contributed by atoms with Crippen molar-refractivity contribution in [2.45, 2.75) is 12.5 Å². The lowest BCUT2D eigenvalue weighted by Crippen LogP contribution is -2.31. The number of ether oxygens (including phenoxy) is 1. The second-order valence-electron chi connectivity index (χ2n) is 6.88. The van der Waals surface area contributed by atoms with E-state index in [9.17, 15) is 14.4 Å². The van der Waals surface area contributed by atoms with Crippen LogP contribution in [0.2, 0.25) is 0 Å². The Kier molecular flexibility index (Phi) is 5.65. The summed E-state index contributed by atoms with van der Waals surface area (Å²) in [6, 6.07) is 16.0. The molecule has 1 heterocycles. The minimum absolute atomic E-state index is 0.0687. The summed E-state index contributed by atoms with van der Waals surface area (Å²) in [5.41, 5.74) is 4.37. The summed E-state index contributed by atoms with van der Waals surface area (Å²) in [4.78, 5) is 38.6. The van der Waals surface area contributed by atoms with Gasteiger partial charge >= 0.3 is 12.1 Å². The van der Waals surface area contributed by atoms with Crippen molar-refractivity contribution < 1.29 is 28.6 Å². The number of carbonyl (C=O) groups is 3. The predicted octanol–water partition coefficient (Wildman–Crippen LogP) is 2.53. The van der Waals surface area contributed by atoms with E-state index in [2.05, 4.69) is 27.8 Å². The van der Waals surface area contributed by atoms with E-state index in [-0.39, 0.29) is 30.5 Å². The molecule has 1 aliphatic carbocycles. The van der Waals surface area contributed by atoms with E-state index in [1.54, 1.807) is 0 Å². The smallest absolute Gasteiger partial charge is 0.407 e. The van der Waals surface area contributed by atoms with E-state index >= 15 is 0 Å². The van der Waals surface area contributed by atoms with E-state index < -0.39 is 24.5 Å². The predicted molar refractivity (Wildman–Crippen MR) is 108 cm³/mol. The average molecular weight is 421 g/mol. The summed E-state index contributed by atoms with van der Waals surface area (Å²) in [7, 11) is 0. The Morgan fingerprint density at radius 2 is 1.65 bits per heavy atom. The van der Waals surface area contributed by atoms with Crippen molar-refractivity contribution in [1.29, 1.82) is 0 Å². The van der Waals surface area contributed by atoms with Crippen LogP contribution in [0.1, 0.15) is 33.3 Å². The molecule has 0 aliphatic heterocycles. The highest BCUT2D eigenvalue weighted by molar-refractivity contribution is 5.94. The fourth-order valence-electron chi connectivity index (χ4n) is 3.62. The maximum absolute atomic E-state index is 12.2. The van der Waals surface area contributed by atoms with Gasteiger partial charge in [0.2, 0.25) is 0 Å². The van der Waals surface area contributed by atoms with E-state index in [1.807, 2.05) is 36.4 Å². The molecule has 0 unspecified atom stereocenters. The number of nitrogens with one attached hydrogen (secondary N) is 2. The third-order valence-electron chi connectivity index (χ3n) is 4.99. The normalized spacial score (nSPS) is 12.0. The fraction of sp³-hybridized carbons (Fsp3) is 0.182. The van der Waals surface area contributed by atoms with E-state index in [1.165, 1.54) is 0 Å². The van der Waals surface area contributed by atoms with Gasteiger partial charge in [0, 0.05) is 5.92 Å². The minimum Gasteiger partial charge on any atom is -0.480 e. The van der Waals surface area contributed by atoms with E-state index in [0.717, 1.165) is 28.6 Å². The number of aliphatic carboxylic acids is 1. The van der Waals surface area contributed by atoms with Gasteiger partial charge in [-0.25, -0.2) is 9.78 Å². The van der Waals surface area contributed by atoms with Crippen LogP contribution in [-0.2, 0) is 16.1 Å². The zero-order valence-corrected chi connectivity index (χ0v) is 16.3. The number of hydrogen-bond acceptors (Lipinski definition) is 6. The second kappa shape index (κ2) is 8.70. The molecule has 3 aromatic rings. The molecule has 0 radical (unpaired) electrons. The van der Waals surface area contributed by atoms with Gasteiger partial charge in [0.15, 0.2) is 17.8 Å². The summed E-state index contributed by atoms with van der Waals surface area (Å²) in [6.45, 7) is -0.528. The minimum atomic E-state index is -1.19. The van der Waals surface area contributed by atoms with Gasteiger partial charge in [-0.3, -0.25) is 9.59 Å². The van der Waals surface area contributed by atoms with Gasteiger partial charge in [-0.05, 0) is 22.3 Å². The van der Waals surface area contributed by atoms with Crippen molar-refractivity contribution in [3.63, 3.8) is 0 Å². The zero-order valence-electron chi connectivity index (χ0n) is 16.3. The molecule has 9 nitrogen and oxygen atoms in total. The number of nitrogens with zero attached hydrogens (tertiary/aromatic N) is 1. The van der Waals surface area contributed by atoms with Crippen molar-refractivity contribution in [3.05, 3.63) is 77.5 Å². The van der Waals surface area contributed by atoms with Gasteiger partial charge in [0.05, 0.1) is 6.54 Å². The molecule has 0 saturated carbocycles. The zero-order chi connectivity index (χ0) is 21.8. The van der Waals surface area contributed by atoms with Crippen LogP contribution in [0.4, 0.5) is 4.79 Å². The first-order valence-corrected chi connectivity index (χ1v) is 9.55. The number of fused-ring (bicyclic) bond motifs is 3. The average Bonchev–Trinajstić information content (AvgIpc) is 3.37. The molecule has 0 saturated heterocycles. The molecule has 0 spiro atoms. The monoisotopic (exact) mass is 421 g/mol. The SMILES string of the molecule is O=C(O)CNC(=O)c1ncoc1CNC(=O)OCC1c2ccccc2-c2ccccc21. The molecule has 158 valence electrons.